The molecule has 3 rings (SSSR count). The van der Waals surface area contributed by atoms with Crippen molar-refractivity contribution in [3.8, 4) is 0 Å². The Morgan fingerprint density at radius 3 is 2.71 bits per heavy atom. The molecule has 0 bridgehead atoms. The van der Waals surface area contributed by atoms with E-state index in [-0.39, 0.29) is 5.78 Å². The predicted octanol–water partition coefficient (Wildman–Crippen LogP) is 3.59. The van der Waals surface area contributed by atoms with E-state index in [1.165, 1.54) is 0 Å². The quantitative estimate of drug-likeness (QED) is 0.941. The Kier molecular flexibility index (Phi) is 3.55. The van der Waals surface area contributed by atoms with Gasteiger partial charge >= 0.3 is 0 Å². The molecule has 1 aliphatic heterocycles. The Morgan fingerprint density at radius 1 is 1.24 bits per heavy atom. The number of benzene rings is 1. The SMILES string of the molecule is CNC1=C(c2cc(C)ccc2C)C(=O)C(c2cccs2)O1. The molecule has 0 aliphatic carbocycles. The highest BCUT2D eigenvalue weighted by Crippen LogP contribution is 2.39. The first-order valence-electron chi connectivity index (χ1n) is 6.85. The molecule has 0 spiro atoms. The third-order valence-electron chi connectivity index (χ3n) is 3.64. The highest BCUT2D eigenvalue weighted by molar-refractivity contribution is 7.10. The van der Waals surface area contributed by atoms with Gasteiger partial charge in [0.05, 0.1) is 10.5 Å². The van der Waals surface area contributed by atoms with Crippen LogP contribution in [0.15, 0.2) is 41.6 Å². The number of carbonyl (C=O) groups is 1. The normalized spacial score (nSPS) is 18.0. The van der Waals surface area contributed by atoms with Crippen molar-refractivity contribution in [2.45, 2.75) is 20.0 Å². The average Bonchev–Trinajstić information content (AvgIpc) is 3.09. The Morgan fingerprint density at radius 2 is 2.05 bits per heavy atom. The molecule has 3 nitrogen and oxygen atoms in total. The van der Waals surface area contributed by atoms with E-state index in [1.807, 2.05) is 43.5 Å². The first kappa shape index (κ1) is 13.9. The number of ether oxygens (including phenoxy) is 1. The van der Waals surface area contributed by atoms with Crippen molar-refractivity contribution in [1.82, 2.24) is 5.32 Å². The summed E-state index contributed by atoms with van der Waals surface area (Å²) in [6, 6.07) is 10.0. The van der Waals surface area contributed by atoms with E-state index in [9.17, 15) is 4.79 Å². The van der Waals surface area contributed by atoms with Gasteiger partial charge < -0.3 is 10.1 Å². The molecule has 0 radical (unpaired) electrons. The van der Waals surface area contributed by atoms with Gasteiger partial charge in [-0.1, -0.05) is 29.8 Å². The molecular weight excluding hydrogens is 282 g/mol. The molecule has 1 aliphatic rings. The van der Waals surface area contributed by atoms with Crippen molar-refractivity contribution in [3.05, 3.63) is 63.2 Å². The number of thiophene rings is 1. The fourth-order valence-corrected chi connectivity index (χ4v) is 3.30. The third-order valence-corrected chi connectivity index (χ3v) is 4.55. The van der Waals surface area contributed by atoms with Gasteiger partial charge in [0.1, 0.15) is 0 Å². The number of ketones is 1. The molecule has 21 heavy (non-hydrogen) atoms. The number of carbonyl (C=O) groups excluding carboxylic acids is 1. The summed E-state index contributed by atoms with van der Waals surface area (Å²) in [4.78, 5) is 13.8. The van der Waals surface area contributed by atoms with Crippen molar-refractivity contribution < 1.29 is 9.53 Å². The number of hydrogen-bond acceptors (Lipinski definition) is 4. The molecule has 2 heterocycles. The summed E-state index contributed by atoms with van der Waals surface area (Å²) in [5.74, 6) is 0.586. The number of Topliss-reactive ketones (excluding diaryl/α,β-unsaturated/α-hetero) is 1. The molecule has 1 aromatic carbocycles. The molecule has 0 amide bonds. The number of hydrogen-bond donors (Lipinski definition) is 1. The summed E-state index contributed by atoms with van der Waals surface area (Å²) in [6.45, 7) is 4.04. The molecule has 1 aromatic heterocycles. The van der Waals surface area contributed by atoms with Crippen LogP contribution in [0.4, 0.5) is 0 Å². The van der Waals surface area contributed by atoms with Gasteiger partial charge in [-0.25, -0.2) is 0 Å². The molecule has 108 valence electrons. The summed E-state index contributed by atoms with van der Waals surface area (Å²) in [7, 11) is 1.78. The fourth-order valence-electron chi connectivity index (χ4n) is 2.55. The van der Waals surface area contributed by atoms with Crippen LogP contribution in [0.25, 0.3) is 5.57 Å². The number of aryl methyl sites for hydroxylation is 2. The number of rotatable bonds is 3. The smallest absolute Gasteiger partial charge is 0.214 e. The maximum Gasteiger partial charge on any atom is 0.214 e. The molecule has 4 heteroatoms. The van der Waals surface area contributed by atoms with Crippen molar-refractivity contribution >= 4 is 22.7 Å². The lowest BCUT2D eigenvalue weighted by molar-refractivity contribution is -0.120. The van der Waals surface area contributed by atoms with Crippen molar-refractivity contribution in [2.24, 2.45) is 0 Å². The van der Waals surface area contributed by atoms with Gasteiger partial charge in [0.15, 0.2) is 12.0 Å². The summed E-state index contributed by atoms with van der Waals surface area (Å²) in [5, 5.41) is 4.98. The summed E-state index contributed by atoms with van der Waals surface area (Å²) in [5.41, 5.74) is 3.80. The van der Waals surface area contributed by atoms with E-state index in [0.717, 1.165) is 21.6 Å². The van der Waals surface area contributed by atoms with Crippen LogP contribution in [-0.2, 0) is 9.53 Å². The van der Waals surface area contributed by atoms with Gasteiger partial charge in [-0.05, 0) is 36.4 Å². The minimum Gasteiger partial charge on any atom is -0.461 e. The minimum atomic E-state index is -0.526. The molecule has 0 saturated heterocycles. The molecule has 0 fully saturated rings. The maximum absolute atomic E-state index is 12.8. The van der Waals surface area contributed by atoms with Gasteiger partial charge in [0.2, 0.25) is 5.78 Å². The van der Waals surface area contributed by atoms with Crippen molar-refractivity contribution in [3.63, 3.8) is 0 Å². The van der Waals surface area contributed by atoms with E-state index in [0.29, 0.717) is 11.5 Å². The highest BCUT2D eigenvalue weighted by Gasteiger charge is 2.37. The Bertz CT molecular complexity index is 716. The predicted molar refractivity (Wildman–Crippen MR) is 85.0 cm³/mol. The Hall–Kier alpha value is -2.07. The van der Waals surface area contributed by atoms with Gasteiger partial charge in [-0.2, -0.15) is 0 Å². The summed E-state index contributed by atoms with van der Waals surface area (Å²) in [6.07, 6.45) is -0.526. The first-order valence-corrected chi connectivity index (χ1v) is 7.73. The van der Waals surface area contributed by atoms with Crippen molar-refractivity contribution in [2.75, 3.05) is 7.05 Å². The van der Waals surface area contributed by atoms with E-state index in [2.05, 4.69) is 11.4 Å². The van der Waals surface area contributed by atoms with Crippen LogP contribution in [0.1, 0.15) is 27.7 Å². The average molecular weight is 299 g/mol. The standard InChI is InChI=1S/C17H17NO2S/c1-10-6-7-11(2)12(9-10)14-15(19)16(20-17(14)18-3)13-5-4-8-21-13/h4-9,16,18H,1-3H3. The lowest BCUT2D eigenvalue weighted by Crippen LogP contribution is -2.08. The topological polar surface area (TPSA) is 38.3 Å². The molecular formula is C17H17NO2S. The number of nitrogens with one attached hydrogen (secondary N) is 1. The van der Waals surface area contributed by atoms with E-state index in [1.54, 1.807) is 18.4 Å². The second-order valence-electron chi connectivity index (χ2n) is 5.15. The zero-order valence-electron chi connectivity index (χ0n) is 12.3. The lowest BCUT2D eigenvalue weighted by atomic mass is 9.94. The van der Waals surface area contributed by atoms with Crippen LogP contribution >= 0.6 is 11.3 Å². The van der Waals surface area contributed by atoms with Gasteiger partial charge in [-0.15, -0.1) is 11.3 Å². The highest BCUT2D eigenvalue weighted by atomic mass is 32.1. The van der Waals surface area contributed by atoms with Crippen LogP contribution in [0.2, 0.25) is 0 Å². The Balaban J connectivity index is 2.07. The molecule has 2 aromatic rings. The van der Waals surface area contributed by atoms with Crippen LogP contribution in [0.3, 0.4) is 0 Å². The first-order chi connectivity index (χ1) is 10.1. The second kappa shape index (κ2) is 5.37. The van der Waals surface area contributed by atoms with Gasteiger partial charge in [-0.3, -0.25) is 4.79 Å². The van der Waals surface area contributed by atoms with Crippen LogP contribution in [0.5, 0.6) is 0 Å². The Labute approximate surface area is 128 Å². The summed E-state index contributed by atoms with van der Waals surface area (Å²) < 4.78 is 5.86. The van der Waals surface area contributed by atoms with Crippen molar-refractivity contribution in [1.29, 1.82) is 0 Å². The van der Waals surface area contributed by atoms with Crippen LogP contribution in [0, 0.1) is 13.8 Å². The molecule has 0 saturated carbocycles. The second-order valence-corrected chi connectivity index (χ2v) is 6.13. The van der Waals surface area contributed by atoms with Gasteiger partial charge in [0, 0.05) is 7.05 Å². The zero-order valence-corrected chi connectivity index (χ0v) is 13.1. The lowest BCUT2D eigenvalue weighted by Gasteiger charge is -2.08. The molecule has 1 N–H and O–H groups in total. The zero-order chi connectivity index (χ0) is 15.0. The largest absolute Gasteiger partial charge is 0.461 e. The summed E-state index contributed by atoms with van der Waals surface area (Å²) >= 11 is 1.54. The molecule has 1 atom stereocenters. The minimum absolute atomic E-state index is 0.0236. The van der Waals surface area contributed by atoms with Crippen LogP contribution in [-0.4, -0.2) is 12.8 Å². The van der Waals surface area contributed by atoms with E-state index >= 15 is 0 Å². The van der Waals surface area contributed by atoms with Gasteiger partial charge in [0.25, 0.3) is 0 Å². The van der Waals surface area contributed by atoms with E-state index in [4.69, 9.17) is 4.74 Å². The third kappa shape index (κ3) is 2.36. The maximum atomic E-state index is 12.8. The monoisotopic (exact) mass is 299 g/mol. The molecule has 1 unspecified atom stereocenters. The fraction of sp³-hybridized carbons (Fsp3) is 0.235. The van der Waals surface area contributed by atoms with E-state index < -0.39 is 6.10 Å². The van der Waals surface area contributed by atoms with Crippen LogP contribution < -0.4 is 5.32 Å².